The quantitative estimate of drug-likeness (QED) is 0.458. The van der Waals surface area contributed by atoms with Gasteiger partial charge in [0, 0.05) is 37.9 Å². The predicted octanol–water partition coefficient (Wildman–Crippen LogP) is 3.58. The van der Waals surface area contributed by atoms with E-state index in [2.05, 4.69) is 21.1 Å². The molecule has 2 aromatic heterocycles. The standard InChI is InChI=1S/C23H17F3N6O2/c1-34-23-29-20-15(22(30-23)32-6-4-31(11-27)5-7-32)10-28-21(19(20)26)17-14-3-2-13(33)8-12(14)9-16(24)18(17)25/h2-3,8-10,33H,4-7H2,1H3. The zero-order valence-corrected chi connectivity index (χ0v) is 17.9. The second-order valence-corrected chi connectivity index (χ2v) is 7.74. The SMILES string of the molecule is COc1nc(N2CCN(C#N)CC2)c2cnc(-c3c(F)c(F)cc4cc(O)ccc34)c(F)c2n1. The molecule has 1 fully saturated rings. The van der Waals surface area contributed by atoms with Crippen molar-refractivity contribution in [1.82, 2.24) is 19.9 Å². The lowest BCUT2D eigenvalue weighted by Gasteiger charge is -2.33. The molecule has 0 unspecified atom stereocenters. The summed E-state index contributed by atoms with van der Waals surface area (Å²) >= 11 is 0. The fourth-order valence-electron chi connectivity index (χ4n) is 4.11. The summed E-state index contributed by atoms with van der Waals surface area (Å²) < 4.78 is 50.3. The summed E-state index contributed by atoms with van der Waals surface area (Å²) in [5, 5.41) is 19.5. The van der Waals surface area contributed by atoms with Gasteiger partial charge in [0.15, 0.2) is 23.6 Å². The van der Waals surface area contributed by atoms with Crippen LogP contribution in [0.2, 0.25) is 0 Å². The number of piperazine rings is 1. The van der Waals surface area contributed by atoms with E-state index >= 15 is 4.39 Å². The molecule has 172 valence electrons. The van der Waals surface area contributed by atoms with E-state index in [4.69, 9.17) is 10.00 Å². The molecule has 3 heterocycles. The van der Waals surface area contributed by atoms with E-state index in [1.807, 2.05) is 4.90 Å². The molecule has 0 saturated carbocycles. The van der Waals surface area contributed by atoms with Gasteiger partial charge in [0.25, 0.3) is 0 Å². The number of rotatable bonds is 3. The van der Waals surface area contributed by atoms with Crippen LogP contribution in [0.15, 0.2) is 30.5 Å². The van der Waals surface area contributed by atoms with Crippen LogP contribution in [0.3, 0.4) is 0 Å². The Balaban J connectivity index is 1.73. The van der Waals surface area contributed by atoms with Crippen LogP contribution in [0.5, 0.6) is 11.8 Å². The van der Waals surface area contributed by atoms with Gasteiger partial charge in [-0.15, -0.1) is 0 Å². The van der Waals surface area contributed by atoms with Gasteiger partial charge in [0.2, 0.25) is 0 Å². The van der Waals surface area contributed by atoms with Crippen molar-refractivity contribution in [3.8, 4) is 29.2 Å². The highest BCUT2D eigenvalue weighted by atomic mass is 19.2. The number of phenols is 1. The first-order chi connectivity index (χ1) is 16.4. The van der Waals surface area contributed by atoms with E-state index in [1.54, 1.807) is 4.90 Å². The number of nitriles is 1. The maximum absolute atomic E-state index is 15.8. The molecule has 2 aromatic carbocycles. The van der Waals surface area contributed by atoms with E-state index in [9.17, 15) is 13.9 Å². The van der Waals surface area contributed by atoms with E-state index in [0.29, 0.717) is 32.0 Å². The van der Waals surface area contributed by atoms with Crippen LogP contribution in [0.4, 0.5) is 19.0 Å². The van der Waals surface area contributed by atoms with Gasteiger partial charge in [-0.25, -0.2) is 13.2 Å². The molecule has 1 saturated heterocycles. The second-order valence-electron chi connectivity index (χ2n) is 7.74. The lowest BCUT2D eigenvalue weighted by molar-refractivity contribution is 0.358. The summed E-state index contributed by atoms with van der Waals surface area (Å²) in [4.78, 5) is 16.1. The van der Waals surface area contributed by atoms with Gasteiger partial charge in [-0.05, 0) is 35.0 Å². The number of benzene rings is 2. The fourth-order valence-corrected chi connectivity index (χ4v) is 4.11. The first-order valence-electron chi connectivity index (χ1n) is 10.3. The summed E-state index contributed by atoms with van der Waals surface area (Å²) in [5.41, 5.74) is -0.970. The molecule has 11 heteroatoms. The van der Waals surface area contributed by atoms with Crippen LogP contribution in [-0.4, -0.2) is 58.2 Å². The van der Waals surface area contributed by atoms with Gasteiger partial charge < -0.3 is 19.6 Å². The fraction of sp³-hybridized carbons (Fsp3) is 0.217. The Bertz CT molecular complexity index is 1480. The third-order valence-electron chi connectivity index (χ3n) is 5.80. The van der Waals surface area contributed by atoms with Crippen molar-refractivity contribution in [2.24, 2.45) is 0 Å². The second kappa shape index (κ2) is 8.22. The highest BCUT2D eigenvalue weighted by molar-refractivity contribution is 5.99. The average Bonchev–Trinajstić information content (AvgIpc) is 2.85. The van der Waals surface area contributed by atoms with Crippen LogP contribution in [0.1, 0.15) is 0 Å². The van der Waals surface area contributed by atoms with Gasteiger partial charge in [0.05, 0.1) is 12.5 Å². The van der Waals surface area contributed by atoms with Gasteiger partial charge >= 0.3 is 6.01 Å². The maximum Gasteiger partial charge on any atom is 0.318 e. The molecule has 34 heavy (non-hydrogen) atoms. The number of pyridine rings is 1. The predicted molar refractivity (Wildman–Crippen MR) is 118 cm³/mol. The van der Waals surface area contributed by atoms with Crippen LogP contribution >= 0.6 is 0 Å². The van der Waals surface area contributed by atoms with Crippen molar-refractivity contribution in [3.05, 3.63) is 47.9 Å². The molecule has 1 N–H and O–H groups in total. The molecule has 0 radical (unpaired) electrons. The van der Waals surface area contributed by atoms with E-state index < -0.39 is 23.1 Å². The molecule has 0 amide bonds. The summed E-state index contributed by atoms with van der Waals surface area (Å²) in [6.07, 6.45) is 3.41. The molecule has 5 rings (SSSR count). The van der Waals surface area contributed by atoms with Gasteiger partial charge in [-0.2, -0.15) is 15.2 Å². The Labute approximate surface area is 191 Å². The summed E-state index contributed by atoms with van der Waals surface area (Å²) in [7, 11) is 1.34. The Morgan fingerprint density at radius 1 is 1.03 bits per heavy atom. The maximum atomic E-state index is 15.8. The molecule has 1 aliphatic rings. The highest BCUT2D eigenvalue weighted by Crippen LogP contribution is 2.38. The average molecular weight is 466 g/mol. The minimum absolute atomic E-state index is 0.101. The summed E-state index contributed by atoms with van der Waals surface area (Å²) in [6.45, 7) is 1.84. The van der Waals surface area contributed by atoms with E-state index in [1.165, 1.54) is 31.5 Å². The molecule has 0 aliphatic carbocycles. The normalized spacial score (nSPS) is 14.0. The van der Waals surface area contributed by atoms with Gasteiger partial charge in [-0.1, -0.05) is 0 Å². The number of halogens is 3. The zero-order chi connectivity index (χ0) is 24.0. The minimum atomic E-state index is -1.27. The molecular formula is C23H17F3N6O2. The van der Waals surface area contributed by atoms with Gasteiger partial charge in [0.1, 0.15) is 22.8 Å². The van der Waals surface area contributed by atoms with Crippen LogP contribution in [-0.2, 0) is 0 Å². The number of anilines is 1. The van der Waals surface area contributed by atoms with Crippen molar-refractivity contribution in [1.29, 1.82) is 5.26 Å². The van der Waals surface area contributed by atoms with Crippen LogP contribution < -0.4 is 9.64 Å². The van der Waals surface area contributed by atoms with Crippen molar-refractivity contribution in [2.45, 2.75) is 0 Å². The Kier molecular flexibility index (Phi) is 5.20. The molecule has 0 atom stereocenters. The van der Waals surface area contributed by atoms with Crippen molar-refractivity contribution in [2.75, 3.05) is 38.2 Å². The number of ether oxygens (including phenoxy) is 1. The topological polar surface area (TPSA) is 98.4 Å². The molecule has 0 spiro atoms. The number of phenolic OH excluding ortho intramolecular Hbond substituents is 1. The zero-order valence-electron chi connectivity index (χ0n) is 17.9. The summed E-state index contributed by atoms with van der Waals surface area (Å²) in [5.74, 6) is -3.21. The number of methoxy groups -OCH3 is 1. The number of aromatic nitrogens is 3. The van der Waals surface area contributed by atoms with Crippen molar-refractivity contribution < 1.29 is 23.0 Å². The van der Waals surface area contributed by atoms with Crippen LogP contribution in [0.25, 0.3) is 32.9 Å². The molecule has 4 aromatic rings. The Morgan fingerprint density at radius 3 is 2.50 bits per heavy atom. The smallest absolute Gasteiger partial charge is 0.318 e. The van der Waals surface area contributed by atoms with Crippen molar-refractivity contribution >= 4 is 27.5 Å². The highest BCUT2D eigenvalue weighted by Gasteiger charge is 2.26. The number of aromatic hydroxyl groups is 1. The number of hydrogen-bond acceptors (Lipinski definition) is 8. The van der Waals surface area contributed by atoms with Crippen molar-refractivity contribution in [3.63, 3.8) is 0 Å². The Hall–Kier alpha value is -4.33. The van der Waals surface area contributed by atoms with Gasteiger partial charge in [-0.3, -0.25) is 4.98 Å². The third-order valence-corrected chi connectivity index (χ3v) is 5.80. The lowest BCUT2D eigenvalue weighted by Crippen LogP contribution is -2.44. The Morgan fingerprint density at radius 2 is 1.79 bits per heavy atom. The number of hydrogen-bond donors (Lipinski definition) is 1. The molecule has 1 aliphatic heterocycles. The number of nitrogens with zero attached hydrogens (tertiary/aromatic N) is 6. The minimum Gasteiger partial charge on any atom is -0.508 e. The molecule has 8 nitrogen and oxygen atoms in total. The van der Waals surface area contributed by atoms with Crippen LogP contribution in [0, 0.1) is 28.9 Å². The molecule has 0 bridgehead atoms. The largest absolute Gasteiger partial charge is 0.508 e. The lowest BCUT2D eigenvalue weighted by atomic mass is 9.99. The number of fused-ring (bicyclic) bond motifs is 2. The first-order valence-corrected chi connectivity index (χ1v) is 10.3. The third kappa shape index (κ3) is 3.44. The van der Waals surface area contributed by atoms with E-state index in [0.717, 1.165) is 6.07 Å². The first kappa shape index (κ1) is 21.5. The summed E-state index contributed by atoms with van der Waals surface area (Å²) in [6, 6.07) is 4.75. The monoisotopic (exact) mass is 466 g/mol. The van der Waals surface area contributed by atoms with E-state index in [-0.39, 0.29) is 39.0 Å². The molecular weight excluding hydrogens is 449 g/mol.